The van der Waals surface area contributed by atoms with E-state index in [2.05, 4.69) is 9.88 Å². The van der Waals surface area contributed by atoms with Gasteiger partial charge in [-0.05, 0) is 18.6 Å². The summed E-state index contributed by atoms with van der Waals surface area (Å²) in [6.45, 7) is 1.50. The van der Waals surface area contributed by atoms with Gasteiger partial charge in [0, 0.05) is 30.4 Å². The fraction of sp³-hybridized carbons (Fsp3) is 0.286. The van der Waals surface area contributed by atoms with E-state index in [1.54, 1.807) is 6.20 Å². The Labute approximate surface area is 111 Å². The first-order chi connectivity index (χ1) is 9.16. The van der Waals surface area contributed by atoms with Crippen LogP contribution in [0.3, 0.4) is 0 Å². The van der Waals surface area contributed by atoms with Crippen molar-refractivity contribution in [3.05, 3.63) is 30.5 Å². The molecule has 1 aromatic heterocycles. The number of nitrogen functional groups attached to an aromatic ring is 1. The third kappa shape index (κ3) is 1.97. The van der Waals surface area contributed by atoms with Crippen LogP contribution in [0.25, 0.3) is 10.9 Å². The number of hydrogen-bond acceptors (Lipinski definition) is 4. The zero-order chi connectivity index (χ0) is 13.4. The molecular weight excluding hydrogens is 240 g/mol. The van der Waals surface area contributed by atoms with E-state index in [0.29, 0.717) is 12.2 Å². The van der Waals surface area contributed by atoms with Crippen molar-refractivity contribution in [2.75, 3.05) is 23.7 Å². The van der Waals surface area contributed by atoms with E-state index in [1.807, 2.05) is 24.3 Å². The SMILES string of the molecule is NC(=O)C1CCN(c2ccnc3c(N)cccc23)C1. The summed E-state index contributed by atoms with van der Waals surface area (Å²) in [6, 6.07) is 7.73. The van der Waals surface area contributed by atoms with Gasteiger partial charge in [-0.2, -0.15) is 0 Å². The molecule has 1 aromatic carbocycles. The first-order valence-electron chi connectivity index (χ1n) is 6.34. The molecule has 5 heteroatoms. The number of carbonyl (C=O) groups excluding carboxylic acids is 1. The number of nitrogens with zero attached hydrogens (tertiary/aromatic N) is 2. The molecule has 1 atom stereocenters. The van der Waals surface area contributed by atoms with Crippen LogP contribution in [0.15, 0.2) is 30.5 Å². The number of fused-ring (bicyclic) bond motifs is 1. The highest BCUT2D eigenvalue weighted by Gasteiger charge is 2.27. The molecule has 98 valence electrons. The Morgan fingerprint density at radius 2 is 2.21 bits per heavy atom. The summed E-state index contributed by atoms with van der Waals surface area (Å²) >= 11 is 0. The van der Waals surface area contributed by atoms with Gasteiger partial charge >= 0.3 is 0 Å². The lowest BCUT2D eigenvalue weighted by Crippen LogP contribution is -2.27. The zero-order valence-corrected chi connectivity index (χ0v) is 10.5. The molecule has 1 aliphatic heterocycles. The van der Waals surface area contributed by atoms with Gasteiger partial charge < -0.3 is 16.4 Å². The Morgan fingerprint density at radius 3 is 2.95 bits per heavy atom. The lowest BCUT2D eigenvalue weighted by atomic mass is 10.1. The van der Waals surface area contributed by atoms with Crippen molar-refractivity contribution >= 4 is 28.2 Å². The Bertz CT molecular complexity index is 640. The number of rotatable bonds is 2. The highest BCUT2D eigenvalue weighted by molar-refractivity contribution is 5.98. The zero-order valence-electron chi connectivity index (χ0n) is 10.5. The van der Waals surface area contributed by atoms with Crippen LogP contribution in [0, 0.1) is 5.92 Å². The maximum Gasteiger partial charge on any atom is 0.222 e. The molecule has 0 radical (unpaired) electrons. The van der Waals surface area contributed by atoms with Crippen LogP contribution in [-0.4, -0.2) is 24.0 Å². The molecule has 0 bridgehead atoms. The molecular formula is C14H16N4O. The number of primary amides is 1. The van der Waals surface area contributed by atoms with E-state index < -0.39 is 0 Å². The van der Waals surface area contributed by atoms with Gasteiger partial charge in [0.1, 0.15) is 0 Å². The molecule has 3 rings (SSSR count). The Hall–Kier alpha value is -2.30. The van der Waals surface area contributed by atoms with E-state index in [9.17, 15) is 4.79 Å². The molecule has 0 saturated carbocycles. The van der Waals surface area contributed by atoms with Crippen molar-refractivity contribution in [3.63, 3.8) is 0 Å². The molecule has 1 unspecified atom stereocenters. The topological polar surface area (TPSA) is 85.2 Å². The van der Waals surface area contributed by atoms with Crippen LogP contribution in [0.1, 0.15) is 6.42 Å². The van der Waals surface area contributed by atoms with Gasteiger partial charge in [-0.1, -0.05) is 12.1 Å². The summed E-state index contributed by atoms with van der Waals surface area (Å²) in [6.07, 6.45) is 2.56. The summed E-state index contributed by atoms with van der Waals surface area (Å²) in [5.41, 5.74) is 13.9. The lowest BCUT2D eigenvalue weighted by Gasteiger charge is -2.20. The largest absolute Gasteiger partial charge is 0.397 e. The van der Waals surface area contributed by atoms with Crippen LogP contribution in [0.5, 0.6) is 0 Å². The predicted molar refractivity (Wildman–Crippen MR) is 75.7 cm³/mol. The molecule has 2 aromatic rings. The summed E-state index contributed by atoms with van der Waals surface area (Å²) in [4.78, 5) is 17.8. The highest BCUT2D eigenvalue weighted by atomic mass is 16.1. The number of para-hydroxylation sites is 1. The number of aromatic nitrogens is 1. The van der Waals surface area contributed by atoms with Crippen molar-refractivity contribution in [3.8, 4) is 0 Å². The Kier molecular flexibility index (Phi) is 2.74. The van der Waals surface area contributed by atoms with E-state index >= 15 is 0 Å². The maximum absolute atomic E-state index is 11.3. The third-order valence-corrected chi connectivity index (χ3v) is 3.71. The summed E-state index contributed by atoms with van der Waals surface area (Å²) in [5.74, 6) is -0.287. The second kappa shape index (κ2) is 4.42. The van der Waals surface area contributed by atoms with Crippen molar-refractivity contribution in [1.82, 2.24) is 4.98 Å². The van der Waals surface area contributed by atoms with E-state index in [0.717, 1.165) is 29.6 Å². The maximum atomic E-state index is 11.3. The summed E-state index contributed by atoms with van der Waals surface area (Å²) in [5, 5.41) is 1.02. The van der Waals surface area contributed by atoms with E-state index in [4.69, 9.17) is 11.5 Å². The van der Waals surface area contributed by atoms with Crippen LogP contribution < -0.4 is 16.4 Å². The lowest BCUT2D eigenvalue weighted by molar-refractivity contribution is -0.121. The van der Waals surface area contributed by atoms with Crippen molar-refractivity contribution < 1.29 is 4.79 Å². The number of amides is 1. The van der Waals surface area contributed by atoms with E-state index in [-0.39, 0.29) is 11.8 Å². The minimum atomic E-state index is -0.222. The van der Waals surface area contributed by atoms with Gasteiger partial charge in [-0.25, -0.2) is 0 Å². The third-order valence-electron chi connectivity index (χ3n) is 3.71. The molecule has 5 nitrogen and oxygen atoms in total. The van der Waals surface area contributed by atoms with Gasteiger partial charge in [0.05, 0.1) is 17.1 Å². The molecule has 2 heterocycles. The first-order valence-corrected chi connectivity index (χ1v) is 6.34. The molecule has 1 saturated heterocycles. The van der Waals surface area contributed by atoms with E-state index in [1.165, 1.54) is 0 Å². The summed E-state index contributed by atoms with van der Waals surface area (Å²) in [7, 11) is 0. The monoisotopic (exact) mass is 256 g/mol. The summed E-state index contributed by atoms with van der Waals surface area (Å²) < 4.78 is 0. The normalized spacial score (nSPS) is 18.9. The molecule has 0 aliphatic carbocycles. The Morgan fingerprint density at radius 1 is 1.37 bits per heavy atom. The predicted octanol–water partition coefficient (Wildman–Crippen LogP) is 1.13. The standard InChI is InChI=1S/C14H16N4O/c15-11-3-1-2-10-12(4-6-17-13(10)11)18-7-5-9(8-18)14(16)19/h1-4,6,9H,5,7-8,15H2,(H2,16,19). The molecule has 1 amide bonds. The number of carbonyl (C=O) groups is 1. The van der Waals surface area contributed by atoms with Gasteiger partial charge in [-0.15, -0.1) is 0 Å². The van der Waals surface area contributed by atoms with Crippen LogP contribution in [0.2, 0.25) is 0 Å². The van der Waals surface area contributed by atoms with Gasteiger partial charge in [0.2, 0.25) is 5.91 Å². The van der Waals surface area contributed by atoms with Gasteiger partial charge in [0.25, 0.3) is 0 Å². The van der Waals surface area contributed by atoms with Crippen LogP contribution in [0.4, 0.5) is 11.4 Å². The van der Waals surface area contributed by atoms with Crippen LogP contribution in [-0.2, 0) is 4.79 Å². The molecule has 19 heavy (non-hydrogen) atoms. The molecule has 1 aliphatic rings. The minimum absolute atomic E-state index is 0.0655. The minimum Gasteiger partial charge on any atom is -0.397 e. The molecule has 1 fully saturated rings. The van der Waals surface area contributed by atoms with Crippen molar-refractivity contribution in [1.29, 1.82) is 0 Å². The van der Waals surface area contributed by atoms with Crippen molar-refractivity contribution in [2.24, 2.45) is 11.7 Å². The van der Waals surface area contributed by atoms with Gasteiger partial charge in [0.15, 0.2) is 0 Å². The first kappa shape index (κ1) is 11.8. The Balaban J connectivity index is 2.02. The second-order valence-corrected chi connectivity index (χ2v) is 4.91. The average molecular weight is 256 g/mol. The van der Waals surface area contributed by atoms with Crippen LogP contribution >= 0.6 is 0 Å². The molecule has 4 N–H and O–H groups in total. The number of pyridine rings is 1. The number of benzene rings is 1. The fourth-order valence-electron chi connectivity index (χ4n) is 2.67. The highest BCUT2D eigenvalue weighted by Crippen LogP contribution is 2.31. The number of nitrogens with two attached hydrogens (primary N) is 2. The quantitative estimate of drug-likeness (QED) is 0.789. The van der Waals surface area contributed by atoms with Crippen molar-refractivity contribution in [2.45, 2.75) is 6.42 Å². The number of hydrogen-bond donors (Lipinski definition) is 2. The van der Waals surface area contributed by atoms with Gasteiger partial charge in [-0.3, -0.25) is 9.78 Å². The second-order valence-electron chi connectivity index (χ2n) is 4.91. The smallest absolute Gasteiger partial charge is 0.222 e. The number of anilines is 2. The fourth-order valence-corrected chi connectivity index (χ4v) is 2.67. The average Bonchev–Trinajstić information content (AvgIpc) is 2.88. The molecule has 0 spiro atoms.